The van der Waals surface area contributed by atoms with Gasteiger partial charge in [-0.3, -0.25) is 4.79 Å². The highest BCUT2D eigenvalue weighted by Crippen LogP contribution is 2.24. The van der Waals surface area contributed by atoms with Crippen molar-refractivity contribution in [2.24, 2.45) is 11.7 Å². The summed E-state index contributed by atoms with van der Waals surface area (Å²) in [6.07, 6.45) is 3.72. The number of rotatable bonds is 3. The number of ether oxygens (including phenoxy) is 1. The Balaban J connectivity index is 1.82. The molecule has 1 aromatic carbocycles. The molecule has 1 saturated carbocycles. The number of carbonyl (C=O) groups excluding carboxylic acids is 1. The molecule has 0 amide bonds. The van der Waals surface area contributed by atoms with E-state index in [-0.39, 0.29) is 17.9 Å². The fourth-order valence-corrected chi connectivity index (χ4v) is 2.56. The molecule has 3 nitrogen and oxygen atoms in total. The quantitative estimate of drug-likeness (QED) is 0.873. The van der Waals surface area contributed by atoms with E-state index in [0.29, 0.717) is 6.61 Å². The lowest BCUT2D eigenvalue weighted by molar-refractivity contribution is -0.151. The summed E-state index contributed by atoms with van der Waals surface area (Å²) in [5, 5.41) is 0. The predicted molar refractivity (Wildman–Crippen MR) is 73.9 cm³/mol. The van der Waals surface area contributed by atoms with Crippen molar-refractivity contribution in [1.29, 1.82) is 0 Å². The van der Waals surface area contributed by atoms with Gasteiger partial charge in [0.2, 0.25) is 0 Å². The van der Waals surface area contributed by atoms with Gasteiger partial charge in [0.05, 0.1) is 5.92 Å². The van der Waals surface area contributed by atoms with Crippen LogP contribution in [-0.4, -0.2) is 12.0 Å². The second-order valence-electron chi connectivity index (χ2n) is 4.86. The van der Waals surface area contributed by atoms with Crippen molar-refractivity contribution in [3.63, 3.8) is 0 Å². The maximum absolute atomic E-state index is 11.9. The maximum atomic E-state index is 11.9. The first kappa shape index (κ1) is 13.6. The van der Waals surface area contributed by atoms with E-state index in [1.807, 2.05) is 24.3 Å². The lowest BCUT2D eigenvalue weighted by atomic mass is 9.86. The van der Waals surface area contributed by atoms with Gasteiger partial charge < -0.3 is 10.5 Å². The van der Waals surface area contributed by atoms with Gasteiger partial charge in [-0.1, -0.05) is 34.5 Å². The van der Waals surface area contributed by atoms with Gasteiger partial charge in [0.1, 0.15) is 6.61 Å². The van der Waals surface area contributed by atoms with E-state index >= 15 is 0 Å². The Hall–Kier alpha value is -0.870. The highest BCUT2D eigenvalue weighted by molar-refractivity contribution is 9.10. The molecular formula is C14H18BrNO2. The van der Waals surface area contributed by atoms with Crippen LogP contribution >= 0.6 is 15.9 Å². The number of esters is 1. The van der Waals surface area contributed by atoms with Gasteiger partial charge in [0.25, 0.3) is 0 Å². The molecule has 18 heavy (non-hydrogen) atoms. The molecule has 2 unspecified atom stereocenters. The topological polar surface area (TPSA) is 52.3 Å². The summed E-state index contributed by atoms with van der Waals surface area (Å²) in [7, 11) is 0. The molecule has 0 aromatic heterocycles. The van der Waals surface area contributed by atoms with Crippen LogP contribution in [0.4, 0.5) is 0 Å². The smallest absolute Gasteiger partial charge is 0.309 e. The normalized spacial score (nSPS) is 23.7. The van der Waals surface area contributed by atoms with E-state index in [0.717, 1.165) is 35.7 Å². The van der Waals surface area contributed by atoms with E-state index in [2.05, 4.69) is 15.9 Å². The molecule has 0 heterocycles. The Morgan fingerprint density at radius 3 is 2.72 bits per heavy atom. The number of nitrogens with two attached hydrogens (primary N) is 1. The highest BCUT2D eigenvalue weighted by atomic mass is 79.9. The Labute approximate surface area is 116 Å². The average Bonchev–Trinajstić information content (AvgIpc) is 2.38. The third-order valence-electron chi connectivity index (χ3n) is 3.34. The number of carbonyl (C=O) groups is 1. The second-order valence-corrected chi connectivity index (χ2v) is 5.77. The minimum Gasteiger partial charge on any atom is -0.461 e. The third kappa shape index (κ3) is 3.82. The van der Waals surface area contributed by atoms with Crippen LogP contribution in [0.25, 0.3) is 0 Å². The second kappa shape index (κ2) is 6.34. The first-order chi connectivity index (χ1) is 8.65. The van der Waals surface area contributed by atoms with E-state index in [9.17, 15) is 4.79 Å². The SMILES string of the molecule is NC1CCCC(C(=O)OCc2ccc(Br)cc2)C1. The summed E-state index contributed by atoms with van der Waals surface area (Å²) < 4.78 is 6.37. The van der Waals surface area contributed by atoms with Crippen molar-refractivity contribution in [3.8, 4) is 0 Å². The van der Waals surface area contributed by atoms with Crippen LogP contribution in [0.3, 0.4) is 0 Å². The van der Waals surface area contributed by atoms with Gasteiger partial charge in [0.15, 0.2) is 0 Å². The first-order valence-electron chi connectivity index (χ1n) is 6.32. The van der Waals surface area contributed by atoms with Gasteiger partial charge in [-0.2, -0.15) is 0 Å². The minimum absolute atomic E-state index is 0.0100. The number of benzene rings is 1. The van der Waals surface area contributed by atoms with Gasteiger partial charge in [-0.25, -0.2) is 0 Å². The van der Waals surface area contributed by atoms with Gasteiger partial charge >= 0.3 is 5.97 Å². The van der Waals surface area contributed by atoms with Crippen LogP contribution in [-0.2, 0) is 16.1 Å². The molecule has 0 bridgehead atoms. The summed E-state index contributed by atoms with van der Waals surface area (Å²) in [6, 6.07) is 7.94. The standard InChI is InChI=1S/C14H18BrNO2/c15-12-6-4-10(5-7-12)9-18-14(17)11-2-1-3-13(16)8-11/h4-7,11,13H,1-3,8-9,16H2. The van der Waals surface area contributed by atoms with Crippen molar-refractivity contribution < 1.29 is 9.53 Å². The molecule has 1 aliphatic rings. The van der Waals surface area contributed by atoms with E-state index < -0.39 is 0 Å². The molecule has 2 atom stereocenters. The van der Waals surface area contributed by atoms with Crippen LogP contribution in [0.1, 0.15) is 31.2 Å². The molecule has 1 aromatic rings. The summed E-state index contributed by atoms with van der Waals surface area (Å²) in [4.78, 5) is 11.9. The largest absolute Gasteiger partial charge is 0.461 e. The average molecular weight is 312 g/mol. The van der Waals surface area contributed by atoms with Crippen LogP contribution < -0.4 is 5.73 Å². The number of halogens is 1. The Morgan fingerprint density at radius 1 is 1.33 bits per heavy atom. The molecule has 4 heteroatoms. The molecule has 0 spiro atoms. The monoisotopic (exact) mass is 311 g/mol. The maximum Gasteiger partial charge on any atom is 0.309 e. The Morgan fingerprint density at radius 2 is 2.06 bits per heavy atom. The van der Waals surface area contributed by atoms with Crippen LogP contribution in [0.15, 0.2) is 28.7 Å². The lowest BCUT2D eigenvalue weighted by Crippen LogP contribution is -2.32. The number of hydrogen-bond donors (Lipinski definition) is 1. The van der Waals surface area contributed by atoms with E-state index in [1.54, 1.807) is 0 Å². The fraction of sp³-hybridized carbons (Fsp3) is 0.500. The highest BCUT2D eigenvalue weighted by Gasteiger charge is 2.26. The predicted octanol–water partition coefficient (Wildman–Crippen LogP) is 3.01. The molecule has 0 saturated heterocycles. The fourth-order valence-electron chi connectivity index (χ4n) is 2.29. The van der Waals surface area contributed by atoms with Crippen molar-refractivity contribution in [1.82, 2.24) is 0 Å². The molecule has 0 aliphatic heterocycles. The molecule has 98 valence electrons. The van der Waals surface area contributed by atoms with Crippen molar-refractivity contribution in [2.45, 2.75) is 38.3 Å². The Bertz CT molecular complexity index is 405. The molecule has 1 fully saturated rings. The minimum atomic E-state index is -0.104. The van der Waals surface area contributed by atoms with Gasteiger partial charge in [0, 0.05) is 10.5 Å². The van der Waals surface area contributed by atoms with Crippen LogP contribution in [0.5, 0.6) is 0 Å². The van der Waals surface area contributed by atoms with E-state index in [1.165, 1.54) is 0 Å². The number of hydrogen-bond acceptors (Lipinski definition) is 3. The van der Waals surface area contributed by atoms with Crippen molar-refractivity contribution in [2.75, 3.05) is 0 Å². The van der Waals surface area contributed by atoms with E-state index in [4.69, 9.17) is 10.5 Å². The molecule has 1 aliphatic carbocycles. The zero-order valence-electron chi connectivity index (χ0n) is 10.3. The lowest BCUT2D eigenvalue weighted by Gasteiger charge is -2.24. The van der Waals surface area contributed by atoms with Gasteiger partial charge in [-0.05, 0) is 37.0 Å². The molecular weight excluding hydrogens is 294 g/mol. The molecule has 2 N–H and O–H groups in total. The summed E-state index contributed by atoms with van der Waals surface area (Å²) >= 11 is 3.37. The van der Waals surface area contributed by atoms with Crippen LogP contribution in [0.2, 0.25) is 0 Å². The first-order valence-corrected chi connectivity index (χ1v) is 7.11. The van der Waals surface area contributed by atoms with Gasteiger partial charge in [-0.15, -0.1) is 0 Å². The molecule has 2 rings (SSSR count). The van der Waals surface area contributed by atoms with Crippen molar-refractivity contribution in [3.05, 3.63) is 34.3 Å². The summed E-state index contributed by atoms with van der Waals surface area (Å²) in [5.41, 5.74) is 6.88. The van der Waals surface area contributed by atoms with Crippen LogP contribution in [0, 0.1) is 5.92 Å². The summed E-state index contributed by atoms with van der Waals surface area (Å²) in [5.74, 6) is -0.114. The zero-order valence-corrected chi connectivity index (χ0v) is 11.9. The summed E-state index contributed by atoms with van der Waals surface area (Å²) in [6.45, 7) is 0.345. The third-order valence-corrected chi connectivity index (χ3v) is 3.87. The zero-order chi connectivity index (χ0) is 13.0. The van der Waals surface area contributed by atoms with Crippen molar-refractivity contribution >= 4 is 21.9 Å². The molecule has 0 radical (unpaired) electrons. The Kier molecular flexibility index (Phi) is 4.78.